The molecular formula is C23H30N6O3S. The summed E-state index contributed by atoms with van der Waals surface area (Å²) in [7, 11) is 1.61. The van der Waals surface area contributed by atoms with E-state index in [0.29, 0.717) is 36.6 Å². The highest BCUT2D eigenvalue weighted by atomic mass is 32.1. The summed E-state index contributed by atoms with van der Waals surface area (Å²) in [6.07, 6.45) is 8.17. The molecule has 0 radical (unpaired) electrons. The largest absolute Gasteiger partial charge is 0.492 e. The van der Waals surface area contributed by atoms with Gasteiger partial charge in [-0.15, -0.1) is 11.3 Å². The van der Waals surface area contributed by atoms with Crippen LogP contribution in [0, 0.1) is 5.41 Å². The summed E-state index contributed by atoms with van der Waals surface area (Å²) in [5.74, 6) is 1.45. The molecule has 2 heterocycles. The fourth-order valence-corrected chi connectivity index (χ4v) is 4.86. The number of benzene rings is 1. The number of anilines is 3. The summed E-state index contributed by atoms with van der Waals surface area (Å²) < 4.78 is 5.74. The van der Waals surface area contributed by atoms with E-state index < -0.39 is 0 Å². The Balaban J connectivity index is 0.000000383. The standard InChI is InChI=1S/C19H21N5OS.C4H9NO2/c1-2-25-15-8-13(21)11(9-20)7-14(15)24-18-17-12-5-3-4-6-16(12)26-19(17)23-10-22-18;1-5(4-7)2-3-6/h7-10,20H,2-6,21H2,1H3,(H,22,23,24);4,6H,2-3H2,1H3. The van der Waals surface area contributed by atoms with Gasteiger partial charge in [0.05, 0.1) is 24.3 Å². The third kappa shape index (κ3) is 5.77. The highest BCUT2D eigenvalue weighted by molar-refractivity contribution is 7.19. The van der Waals surface area contributed by atoms with Gasteiger partial charge in [0, 0.05) is 42.0 Å². The van der Waals surface area contributed by atoms with Crippen molar-refractivity contribution in [2.75, 3.05) is 37.9 Å². The topological polar surface area (TPSA) is 137 Å². The summed E-state index contributed by atoms with van der Waals surface area (Å²) in [6, 6.07) is 3.59. The van der Waals surface area contributed by atoms with E-state index in [9.17, 15) is 4.79 Å². The summed E-state index contributed by atoms with van der Waals surface area (Å²) in [6.45, 7) is 2.92. The monoisotopic (exact) mass is 470 g/mol. The number of ether oxygens (including phenoxy) is 1. The first-order chi connectivity index (χ1) is 16.0. The molecule has 176 valence electrons. The summed E-state index contributed by atoms with van der Waals surface area (Å²) in [5.41, 5.74) is 9.31. The number of hydrogen-bond donors (Lipinski definition) is 4. The Hall–Kier alpha value is -3.24. The van der Waals surface area contributed by atoms with Crippen LogP contribution < -0.4 is 15.8 Å². The van der Waals surface area contributed by atoms with Gasteiger partial charge in [-0.25, -0.2) is 9.97 Å². The molecule has 0 spiro atoms. The number of aryl methyl sites for hydroxylation is 2. The number of nitrogens with zero attached hydrogens (tertiary/aromatic N) is 3. The zero-order valence-electron chi connectivity index (χ0n) is 18.9. The Bertz CT molecular complexity index is 1120. The summed E-state index contributed by atoms with van der Waals surface area (Å²) >= 11 is 1.77. The molecule has 2 aromatic heterocycles. The molecule has 1 amide bonds. The number of carbonyl (C=O) groups excluding carboxylic acids is 1. The summed E-state index contributed by atoms with van der Waals surface area (Å²) in [4.78, 5) is 22.5. The lowest BCUT2D eigenvalue weighted by Crippen LogP contribution is -2.19. The summed E-state index contributed by atoms with van der Waals surface area (Å²) in [5, 5.41) is 20.3. The van der Waals surface area contributed by atoms with E-state index in [4.69, 9.17) is 21.0 Å². The molecule has 0 fully saturated rings. The molecule has 0 bridgehead atoms. The number of nitrogens with one attached hydrogen (secondary N) is 2. The first-order valence-corrected chi connectivity index (χ1v) is 11.7. The van der Waals surface area contributed by atoms with Gasteiger partial charge in [-0.3, -0.25) is 4.79 Å². The van der Waals surface area contributed by atoms with Gasteiger partial charge in [0.2, 0.25) is 6.41 Å². The van der Waals surface area contributed by atoms with Crippen molar-refractivity contribution in [1.82, 2.24) is 14.9 Å². The predicted octanol–water partition coefficient (Wildman–Crippen LogP) is 3.36. The van der Waals surface area contributed by atoms with Crippen molar-refractivity contribution in [3.05, 3.63) is 34.5 Å². The van der Waals surface area contributed by atoms with Crippen LogP contribution in [0.3, 0.4) is 0 Å². The molecule has 0 saturated heterocycles. The minimum absolute atomic E-state index is 0.0369. The maximum atomic E-state index is 9.71. The fourth-order valence-electron chi connectivity index (χ4n) is 3.63. The van der Waals surface area contributed by atoms with Gasteiger partial charge in [0.25, 0.3) is 0 Å². The van der Waals surface area contributed by atoms with Crippen molar-refractivity contribution in [3.63, 3.8) is 0 Å². The normalized spacial score (nSPS) is 12.3. The highest BCUT2D eigenvalue weighted by Crippen LogP contribution is 2.40. The molecule has 1 aliphatic carbocycles. The van der Waals surface area contributed by atoms with Gasteiger partial charge < -0.3 is 31.2 Å². The molecule has 33 heavy (non-hydrogen) atoms. The number of aliphatic hydroxyl groups is 1. The molecule has 0 saturated carbocycles. The number of thiophene rings is 1. The lowest BCUT2D eigenvalue weighted by Gasteiger charge is -2.16. The molecule has 0 atom stereocenters. The minimum atomic E-state index is 0.0369. The molecule has 5 N–H and O–H groups in total. The number of nitrogen functional groups attached to an aromatic ring is 1. The Labute approximate surface area is 197 Å². The van der Waals surface area contributed by atoms with E-state index in [2.05, 4.69) is 15.3 Å². The number of rotatable bonds is 8. The average Bonchev–Trinajstić information content (AvgIpc) is 3.21. The molecule has 3 aromatic rings. The number of hydrogen-bond acceptors (Lipinski definition) is 9. The van der Waals surface area contributed by atoms with E-state index in [-0.39, 0.29) is 6.61 Å². The number of aliphatic hydroxyl groups excluding tert-OH is 1. The van der Waals surface area contributed by atoms with Crippen LogP contribution in [0.25, 0.3) is 10.2 Å². The SMILES string of the molecule is CCOc1cc(N)c(C=N)cc1Nc1ncnc2sc3c(c12)CCCC3.CN(C=O)CCO. The fraction of sp³-hybridized carbons (Fsp3) is 0.391. The molecular weight excluding hydrogens is 440 g/mol. The Morgan fingerprint density at radius 1 is 1.33 bits per heavy atom. The number of fused-ring (bicyclic) bond motifs is 3. The van der Waals surface area contributed by atoms with Crippen LogP contribution in [0.15, 0.2) is 18.5 Å². The smallest absolute Gasteiger partial charge is 0.209 e. The van der Waals surface area contributed by atoms with Crippen LogP contribution in [0.4, 0.5) is 17.2 Å². The third-order valence-electron chi connectivity index (χ3n) is 5.28. The Morgan fingerprint density at radius 3 is 2.79 bits per heavy atom. The van der Waals surface area contributed by atoms with Crippen molar-refractivity contribution in [3.8, 4) is 5.75 Å². The second-order valence-corrected chi connectivity index (χ2v) is 8.69. The number of aromatic nitrogens is 2. The van der Waals surface area contributed by atoms with Crippen molar-refractivity contribution < 1.29 is 14.6 Å². The van der Waals surface area contributed by atoms with Gasteiger partial charge in [-0.2, -0.15) is 0 Å². The average molecular weight is 471 g/mol. The molecule has 0 unspecified atom stereocenters. The molecule has 10 heteroatoms. The number of likely N-dealkylation sites (N-methyl/N-ethyl adjacent to an activating group) is 1. The van der Waals surface area contributed by atoms with Gasteiger partial charge in [-0.05, 0) is 44.2 Å². The lowest BCUT2D eigenvalue weighted by molar-refractivity contribution is -0.117. The van der Waals surface area contributed by atoms with Crippen molar-refractivity contribution >= 4 is 51.4 Å². The first-order valence-electron chi connectivity index (χ1n) is 10.9. The zero-order chi connectivity index (χ0) is 23.8. The maximum absolute atomic E-state index is 9.71. The van der Waals surface area contributed by atoms with Gasteiger partial charge in [0.15, 0.2) is 0 Å². The first kappa shape index (κ1) is 24.4. The number of nitrogens with two attached hydrogens (primary N) is 1. The second kappa shape index (κ2) is 11.6. The van der Waals surface area contributed by atoms with E-state index in [1.807, 2.05) is 13.0 Å². The van der Waals surface area contributed by atoms with Crippen molar-refractivity contribution in [2.45, 2.75) is 32.6 Å². The molecule has 1 aromatic carbocycles. The van der Waals surface area contributed by atoms with Crippen LogP contribution in [-0.2, 0) is 17.6 Å². The van der Waals surface area contributed by atoms with Crippen LogP contribution in [0.1, 0.15) is 35.8 Å². The highest BCUT2D eigenvalue weighted by Gasteiger charge is 2.20. The third-order valence-corrected chi connectivity index (χ3v) is 6.48. The lowest BCUT2D eigenvalue weighted by atomic mass is 9.97. The Kier molecular flexibility index (Phi) is 8.56. The number of carbonyl (C=O) groups is 1. The second-order valence-electron chi connectivity index (χ2n) is 7.60. The van der Waals surface area contributed by atoms with Crippen LogP contribution >= 0.6 is 11.3 Å². The van der Waals surface area contributed by atoms with E-state index >= 15 is 0 Å². The molecule has 1 aliphatic rings. The van der Waals surface area contributed by atoms with Crippen LogP contribution in [-0.4, -0.2) is 59.4 Å². The van der Waals surface area contributed by atoms with Crippen LogP contribution in [0.2, 0.25) is 0 Å². The molecule has 0 aliphatic heterocycles. The molecule has 4 rings (SSSR count). The van der Waals surface area contributed by atoms with Crippen LogP contribution in [0.5, 0.6) is 5.75 Å². The maximum Gasteiger partial charge on any atom is 0.209 e. The Morgan fingerprint density at radius 2 is 2.12 bits per heavy atom. The minimum Gasteiger partial charge on any atom is -0.492 e. The van der Waals surface area contributed by atoms with Gasteiger partial charge in [0.1, 0.15) is 22.7 Å². The van der Waals surface area contributed by atoms with Gasteiger partial charge in [-0.1, -0.05) is 0 Å². The van der Waals surface area contributed by atoms with E-state index in [1.54, 1.807) is 30.8 Å². The van der Waals surface area contributed by atoms with Gasteiger partial charge >= 0.3 is 0 Å². The quantitative estimate of drug-likeness (QED) is 0.225. The molecule has 9 nitrogen and oxygen atoms in total. The van der Waals surface area contributed by atoms with Crippen molar-refractivity contribution in [2.24, 2.45) is 0 Å². The van der Waals surface area contributed by atoms with Crippen molar-refractivity contribution in [1.29, 1.82) is 5.41 Å². The van der Waals surface area contributed by atoms with E-state index in [0.717, 1.165) is 34.6 Å². The number of amides is 1. The predicted molar refractivity (Wildman–Crippen MR) is 133 cm³/mol. The van der Waals surface area contributed by atoms with E-state index in [1.165, 1.54) is 34.4 Å². The zero-order valence-corrected chi connectivity index (χ0v) is 19.7.